The Labute approximate surface area is 222 Å². The summed E-state index contributed by atoms with van der Waals surface area (Å²) < 4.78 is 0. The van der Waals surface area contributed by atoms with Crippen LogP contribution in [0.25, 0.3) is 0 Å². The van der Waals surface area contributed by atoms with Crippen LogP contribution in [0.2, 0.25) is 0 Å². The molecule has 0 aliphatic rings. The van der Waals surface area contributed by atoms with Crippen LogP contribution in [0.4, 0.5) is 17.1 Å². The Hall–Kier alpha value is -3.41. The minimum Gasteiger partial charge on any atom is -0.397 e. The van der Waals surface area contributed by atoms with Crippen LogP contribution in [0, 0.1) is 0 Å². The molecular weight excluding hydrogens is 507 g/mol. The number of nitrogens with one attached hydrogen (secondary N) is 3. The van der Waals surface area contributed by atoms with Crippen molar-refractivity contribution in [3.8, 4) is 0 Å². The zero-order valence-electron chi connectivity index (χ0n) is 21.0. The third-order valence-corrected chi connectivity index (χ3v) is 5.56. The lowest BCUT2D eigenvalue weighted by atomic mass is 10.3. The van der Waals surface area contributed by atoms with Gasteiger partial charge in [-0.2, -0.15) is 0 Å². The second-order valence-corrected chi connectivity index (χ2v) is 8.50. The maximum Gasteiger partial charge on any atom is 0.274 e. The largest absolute Gasteiger partial charge is 0.397 e. The molecule has 3 heterocycles. The predicted molar refractivity (Wildman–Crippen MR) is 147 cm³/mol. The fraction of sp³-hybridized carbons (Fsp3) is 0.348. The fourth-order valence-electron chi connectivity index (χ4n) is 3.46. The zero-order chi connectivity index (χ0) is 25.0. The van der Waals surface area contributed by atoms with E-state index in [-0.39, 0.29) is 42.5 Å². The van der Waals surface area contributed by atoms with Gasteiger partial charge in [0.05, 0.1) is 11.4 Å². The van der Waals surface area contributed by atoms with Crippen molar-refractivity contribution in [3.05, 3.63) is 53.9 Å². The summed E-state index contributed by atoms with van der Waals surface area (Å²) in [6.07, 6.45) is 5.61. The second kappa shape index (κ2) is 13.1. The summed E-state index contributed by atoms with van der Waals surface area (Å²) in [7, 11) is 8.98. The van der Waals surface area contributed by atoms with Crippen molar-refractivity contribution in [3.63, 3.8) is 0 Å². The van der Waals surface area contributed by atoms with Crippen LogP contribution in [0.5, 0.6) is 0 Å². The first-order valence-corrected chi connectivity index (χ1v) is 10.9. The third kappa shape index (κ3) is 7.06. The number of nitrogens with zero attached hydrogens (tertiary/aromatic N) is 4. The van der Waals surface area contributed by atoms with Crippen LogP contribution in [0.15, 0.2) is 36.8 Å². The number of aromatic amines is 3. The van der Waals surface area contributed by atoms with Gasteiger partial charge in [-0.1, -0.05) is 0 Å². The lowest BCUT2D eigenvalue weighted by Crippen LogP contribution is -2.30. The molecule has 3 amide bonds. The van der Waals surface area contributed by atoms with Crippen molar-refractivity contribution < 1.29 is 14.4 Å². The van der Waals surface area contributed by atoms with Gasteiger partial charge in [0.25, 0.3) is 17.7 Å². The van der Waals surface area contributed by atoms with Crippen molar-refractivity contribution in [2.45, 2.75) is 6.42 Å². The smallest absolute Gasteiger partial charge is 0.274 e. The first kappa shape index (κ1) is 30.6. The zero-order valence-corrected chi connectivity index (χ0v) is 22.6. The van der Waals surface area contributed by atoms with Crippen molar-refractivity contribution in [2.75, 3.05) is 63.9 Å². The highest BCUT2D eigenvalue weighted by Gasteiger charge is 2.22. The monoisotopic (exact) mass is 540 g/mol. The third-order valence-electron chi connectivity index (χ3n) is 5.56. The van der Waals surface area contributed by atoms with E-state index in [4.69, 9.17) is 5.73 Å². The molecule has 0 saturated heterocycles. The van der Waals surface area contributed by atoms with Gasteiger partial charge in [0.1, 0.15) is 17.1 Å². The number of rotatable bonds is 9. The van der Waals surface area contributed by atoms with Crippen LogP contribution in [0.3, 0.4) is 0 Å². The molecule has 0 fully saturated rings. The minimum atomic E-state index is -0.312. The molecule has 13 heteroatoms. The quantitative estimate of drug-likeness (QED) is 0.330. The SMILES string of the molecule is CN(C)CCCN(C)C(=O)c1cc(N(C)C(=O)c2cc(N(C)C(=O)c3cc(N)c[nH]3)c[nH]2)c[nH]1.Cl.Cl. The molecule has 0 unspecified atom stereocenters. The molecule has 0 bridgehead atoms. The molecule has 3 rings (SSSR count). The molecule has 3 aromatic rings. The van der Waals surface area contributed by atoms with E-state index in [9.17, 15) is 14.4 Å². The van der Waals surface area contributed by atoms with E-state index in [1.165, 1.54) is 9.80 Å². The molecule has 36 heavy (non-hydrogen) atoms. The average Bonchev–Trinajstić information content (AvgIpc) is 3.56. The molecule has 3 aromatic heterocycles. The molecular formula is C23H34Cl2N8O3. The minimum absolute atomic E-state index is 0. The van der Waals surface area contributed by atoms with E-state index in [0.717, 1.165) is 13.0 Å². The molecule has 0 atom stereocenters. The number of halogens is 2. The summed E-state index contributed by atoms with van der Waals surface area (Å²) in [6, 6.07) is 4.80. The number of aromatic nitrogens is 3. The summed E-state index contributed by atoms with van der Waals surface area (Å²) in [5.41, 5.74) is 8.28. The number of carbonyl (C=O) groups excluding carboxylic acids is 3. The van der Waals surface area contributed by atoms with Gasteiger partial charge in [0, 0.05) is 52.0 Å². The Bertz CT molecular complexity index is 1170. The topological polar surface area (TPSA) is 138 Å². The van der Waals surface area contributed by atoms with Crippen LogP contribution >= 0.6 is 24.8 Å². The van der Waals surface area contributed by atoms with Crippen molar-refractivity contribution in [1.82, 2.24) is 24.8 Å². The van der Waals surface area contributed by atoms with Crippen LogP contribution in [0.1, 0.15) is 37.9 Å². The van der Waals surface area contributed by atoms with Crippen LogP contribution < -0.4 is 15.5 Å². The number of H-pyrrole nitrogens is 3. The van der Waals surface area contributed by atoms with Crippen LogP contribution in [-0.2, 0) is 0 Å². The Morgan fingerprint density at radius 1 is 0.694 bits per heavy atom. The normalized spacial score (nSPS) is 10.4. The maximum atomic E-state index is 13.0. The van der Waals surface area contributed by atoms with Crippen molar-refractivity contribution in [1.29, 1.82) is 0 Å². The molecule has 0 aliphatic heterocycles. The maximum absolute atomic E-state index is 13.0. The first-order chi connectivity index (χ1) is 16.1. The van der Waals surface area contributed by atoms with Gasteiger partial charge in [-0.3, -0.25) is 14.4 Å². The van der Waals surface area contributed by atoms with E-state index < -0.39 is 0 Å². The van der Waals surface area contributed by atoms with E-state index in [2.05, 4.69) is 19.9 Å². The number of amides is 3. The molecule has 5 N–H and O–H groups in total. The number of carbonyl (C=O) groups is 3. The Morgan fingerprint density at radius 3 is 1.58 bits per heavy atom. The second-order valence-electron chi connectivity index (χ2n) is 8.50. The van der Waals surface area contributed by atoms with Crippen LogP contribution in [-0.4, -0.2) is 90.8 Å². The van der Waals surface area contributed by atoms with E-state index in [0.29, 0.717) is 40.7 Å². The van der Waals surface area contributed by atoms with Gasteiger partial charge < -0.3 is 40.3 Å². The van der Waals surface area contributed by atoms with Gasteiger partial charge in [0.2, 0.25) is 0 Å². The van der Waals surface area contributed by atoms with E-state index in [1.807, 2.05) is 14.1 Å². The Morgan fingerprint density at radius 2 is 1.14 bits per heavy atom. The highest BCUT2D eigenvalue weighted by Crippen LogP contribution is 2.21. The summed E-state index contributed by atoms with van der Waals surface area (Å²) >= 11 is 0. The number of nitrogen functional groups attached to an aromatic ring is 1. The molecule has 0 aliphatic carbocycles. The lowest BCUT2D eigenvalue weighted by Gasteiger charge is -2.18. The van der Waals surface area contributed by atoms with Gasteiger partial charge in [-0.15, -0.1) is 24.8 Å². The Balaban J connectivity index is 0.00000324. The highest BCUT2D eigenvalue weighted by atomic mass is 35.5. The number of nitrogens with two attached hydrogens (primary N) is 1. The standard InChI is InChI=1S/C23H32N8O3.2ClH/c1-28(2)7-6-8-29(3)21(32)19-10-16(13-26-19)31(5)23(34)20-11-17(14-27-20)30(4)22(33)18-9-15(24)12-25-18;;/h9-14,25-27H,6-8,24H2,1-5H3;2*1H. The molecule has 0 aromatic carbocycles. The predicted octanol–water partition coefficient (Wildman–Crippen LogP) is 2.67. The summed E-state index contributed by atoms with van der Waals surface area (Å²) in [5, 5.41) is 0. The number of hydrogen-bond acceptors (Lipinski definition) is 5. The molecule has 11 nitrogen and oxygen atoms in total. The molecule has 198 valence electrons. The fourth-order valence-corrected chi connectivity index (χ4v) is 3.46. The molecule has 0 spiro atoms. The highest BCUT2D eigenvalue weighted by molar-refractivity contribution is 6.08. The van der Waals surface area contributed by atoms with E-state index in [1.54, 1.807) is 62.8 Å². The van der Waals surface area contributed by atoms with Gasteiger partial charge >= 0.3 is 0 Å². The summed E-state index contributed by atoms with van der Waals surface area (Å²) in [6.45, 7) is 1.52. The van der Waals surface area contributed by atoms with Gasteiger partial charge in [-0.05, 0) is 45.3 Å². The number of hydrogen-bond donors (Lipinski definition) is 4. The summed E-state index contributed by atoms with van der Waals surface area (Å²) in [4.78, 5) is 53.6. The van der Waals surface area contributed by atoms with Gasteiger partial charge in [0.15, 0.2) is 0 Å². The van der Waals surface area contributed by atoms with Gasteiger partial charge in [-0.25, -0.2) is 0 Å². The summed E-state index contributed by atoms with van der Waals surface area (Å²) in [5.74, 6) is -0.738. The first-order valence-electron chi connectivity index (χ1n) is 10.9. The Kier molecular flexibility index (Phi) is 11.1. The lowest BCUT2D eigenvalue weighted by molar-refractivity contribution is 0.0785. The molecule has 0 saturated carbocycles. The number of anilines is 3. The van der Waals surface area contributed by atoms with E-state index >= 15 is 0 Å². The van der Waals surface area contributed by atoms with Crippen molar-refractivity contribution >= 4 is 59.6 Å². The van der Waals surface area contributed by atoms with Crippen molar-refractivity contribution in [2.24, 2.45) is 0 Å². The molecule has 0 radical (unpaired) electrons. The average molecular weight is 541 g/mol.